The number of nitrogens with zero attached hydrogens (tertiary/aromatic N) is 1. The van der Waals surface area contributed by atoms with Gasteiger partial charge in [0.1, 0.15) is 5.75 Å². The van der Waals surface area contributed by atoms with Gasteiger partial charge in [-0.25, -0.2) is 0 Å². The maximum absolute atomic E-state index is 12.0. The largest absolute Gasteiger partial charge is 0.497 e. The van der Waals surface area contributed by atoms with E-state index < -0.39 is 5.60 Å². The number of benzene rings is 3. The van der Waals surface area contributed by atoms with Crippen LogP contribution in [0.5, 0.6) is 5.75 Å². The van der Waals surface area contributed by atoms with Crippen LogP contribution < -0.4 is 4.74 Å². The van der Waals surface area contributed by atoms with Crippen LogP contribution >= 0.6 is 0 Å². The van der Waals surface area contributed by atoms with Crippen molar-refractivity contribution in [1.82, 2.24) is 4.90 Å². The normalized spacial score (nSPS) is 15.0. The average molecular weight is 462 g/mol. The van der Waals surface area contributed by atoms with Gasteiger partial charge in [-0.1, -0.05) is 79.7 Å². The lowest BCUT2D eigenvalue weighted by atomic mass is 9.78. The summed E-state index contributed by atoms with van der Waals surface area (Å²) in [5.74, 6) is 0.899. The minimum Gasteiger partial charge on any atom is -0.497 e. The van der Waals surface area contributed by atoms with E-state index >= 15 is 0 Å². The molecule has 182 valence electrons. The summed E-state index contributed by atoms with van der Waals surface area (Å²) in [5.41, 5.74) is 2.72. The van der Waals surface area contributed by atoms with Gasteiger partial charge in [0.25, 0.3) is 0 Å². The number of rotatable bonds is 13. The summed E-state index contributed by atoms with van der Waals surface area (Å²) in [6.07, 6.45) is 1.53. The van der Waals surface area contributed by atoms with Crippen LogP contribution in [0, 0.1) is 5.92 Å². The van der Waals surface area contributed by atoms with Crippen molar-refractivity contribution in [3.05, 3.63) is 102 Å². The van der Waals surface area contributed by atoms with Crippen LogP contribution in [-0.2, 0) is 24.2 Å². The summed E-state index contributed by atoms with van der Waals surface area (Å²) in [6, 6.07) is 29.1. The van der Waals surface area contributed by atoms with Crippen LogP contribution in [-0.4, -0.2) is 42.5 Å². The highest BCUT2D eigenvalue weighted by Crippen LogP contribution is 2.32. The van der Waals surface area contributed by atoms with Gasteiger partial charge in [-0.2, -0.15) is 0 Å². The highest BCUT2D eigenvalue weighted by atomic mass is 16.5. The Morgan fingerprint density at radius 2 is 1.32 bits per heavy atom. The lowest BCUT2D eigenvalue weighted by Crippen LogP contribution is -2.55. The van der Waals surface area contributed by atoms with E-state index in [9.17, 15) is 5.11 Å². The van der Waals surface area contributed by atoms with Crippen LogP contribution in [0.2, 0.25) is 0 Å². The molecular weight excluding hydrogens is 422 g/mol. The number of ether oxygens (including phenoxy) is 2. The van der Waals surface area contributed by atoms with Crippen LogP contribution in [0.15, 0.2) is 84.9 Å². The Morgan fingerprint density at radius 1 is 0.794 bits per heavy atom. The predicted octanol–water partition coefficient (Wildman–Crippen LogP) is 5.73. The molecule has 3 rings (SSSR count). The zero-order valence-electron chi connectivity index (χ0n) is 21.0. The molecule has 0 heterocycles. The lowest BCUT2D eigenvalue weighted by molar-refractivity contribution is -0.0827. The Kier molecular flexibility index (Phi) is 9.70. The van der Waals surface area contributed by atoms with Gasteiger partial charge in [0.15, 0.2) is 0 Å². The molecule has 3 unspecified atom stereocenters. The fourth-order valence-corrected chi connectivity index (χ4v) is 4.52. The first-order chi connectivity index (χ1) is 16.4. The molecule has 3 atom stereocenters. The second kappa shape index (κ2) is 12.7. The molecule has 34 heavy (non-hydrogen) atoms. The Hall–Kier alpha value is -2.66. The zero-order valence-corrected chi connectivity index (χ0v) is 21.0. The van der Waals surface area contributed by atoms with Crippen molar-refractivity contribution in [2.75, 3.05) is 20.8 Å². The number of methoxy groups -OCH3 is 2. The zero-order chi connectivity index (χ0) is 24.4. The molecule has 0 fully saturated rings. The molecule has 0 saturated heterocycles. The van der Waals surface area contributed by atoms with E-state index in [1.165, 1.54) is 16.7 Å². The van der Waals surface area contributed by atoms with E-state index in [2.05, 4.69) is 72.5 Å². The Balaban J connectivity index is 1.99. The van der Waals surface area contributed by atoms with Crippen molar-refractivity contribution < 1.29 is 14.6 Å². The van der Waals surface area contributed by atoms with E-state index in [0.29, 0.717) is 6.61 Å². The first kappa shape index (κ1) is 26.0. The van der Waals surface area contributed by atoms with E-state index in [4.69, 9.17) is 9.47 Å². The fourth-order valence-electron chi connectivity index (χ4n) is 4.52. The summed E-state index contributed by atoms with van der Waals surface area (Å²) in [4.78, 5) is 2.43. The summed E-state index contributed by atoms with van der Waals surface area (Å²) in [6.45, 7) is 6.26. The third-order valence-electron chi connectivity index (χ3n) is 6.91. The van der Waals surface area contributed by atoms with Crippen molar-refractivity contribution in [2.24, 2.45) is 5.92 Å². The highest BCUT2D eigenvalue weighted by molar-refractivity contribution is 5.28. The first-order valence-electron chi connectivity index (χ1n) is 12.1. The van der Waals surface area contributed by atoms with Gasteiger partial charge < -0.3 is 14.6 Å². The van der Waals surface area contributed by atoms with Crippen LogP contribution in [0.1, 0.15) is 37.0 Å². The predicted molar refractivity (Wildman–Crippen MR) is 139 cm³/mol. The molecule has 4 heteroatoms. The van der Waals surface area contributed by atoms with Crippen LogP contribution in [0.25, 0.3) is 0 Å². The van der Waals surface area contributed by atoms with Crippen molar-refractivity contribution >= 4 is 0 Å². The summed E-state index contributed by atoms with van der Waals surface area (Å²) in [7, 11) is 3.40. The van der Waals surface area contributed by atoms with Gasteiger partial charge in [-0.3, -0.25) is 4.90 Å². The summed E-state index contributed by atoms with van der Waals surface area (Å²) < 4.78 is 10.7. The van der Waals surface area contributed by atoms with Gasteiger partial charge in [0.05, 0.1) is 12.7 Å². The molecule has 0 saturated carbocycles. The lowest BCUT2D eigenvalue weighted by Gasteiger charge is -2.45. The summed E-state index contributed by atoms with van der Waals surface area (Å²) >= 11 is 0. The Morgan fingerprint density at radius 3 is 1.79 bits per heavy atom. The van der Waals surface area contributed by atoms with Crippen LogP contribution in [0.3, 0.4) is 0 Å². The third kappa shape index (κ3) is 7.17. The number of hydrogen-bond acceptors (Lipinski definition) is 4. The molecule has 0 aromatic heterocycles. The maximum atomic E-state index is 12.0. The molecule has 0 spiro atoms. The minimum absolute atomic E-state index is 0.0599. The van der Waals surface area contributed by atoms with Gasteiger partial charge in [0.2, 0.25) is 0 Å². The molecular formula is C30H39NO3. The third-order valence-corrected chi connectivity index (χ3v) is 6.91. The molecule has 0 bridgehead atoms. The molecule has 1 N–H and O–H groups in total. The molecule has 0 radical (unpaired) electrons. The first-order valence-corrected chi connectivity index (χ1v) is 12.1. The molecule has 4 nitrogen and oxygen atoms in total. The van der Waals surface area contributed by atoms with E-state index in [-0.39, 0.29) is 12.0 Å². The Labute approximate surface area is 205 Å². The smallest absolute Gasteiger partial charge is 0.118 e. The van der Waals surface area contributed by atoms with Crippen molar-refractivity contribution in [3.8, 4) is 5.75 Å². The summed E-state index contributed by atoms with van der Waals surface area (Å²) in [5, 5.41) is 12.0. The molecule has 0 aliphatic heterocycles. The van der Waals surface area contributed by atoms with Gasteiger partial charge in [-0.15, -0.1) is 0 Å². The van der Waals surface area contributed by atoms with E-state index in [0.717, 1.165) is 31.7 Å². The number of aliphatic hydroxyl groups is 1. The van der Waals surface area contributed by atoms with Gasteiger partial charge >= 0.3 is 0 Å². The fraction of sp³-hybridized carbons (Fsp3) is 0.400. The van der Waals surface area contributed by atoms with Crippen molar-refractivity contribution in [2.45, 2.75) is 51.4 Å². The monoisotopic (exact) mass is 461 g/mol. The quantitative estimate of drug-likeness (QED) is 0.353. The molecule has 0 aliphatic carbocycles. The average Bonchev–Trinajstić information content (AvgIpc) is 2.87. The number of hydrogen-bond donors (Lipinski definition) is 1. The topological polar surface area (TPSA) is 41.9 Å². The standard InChI is InChI=1S/C30H39NO3/c1-24(19-20-33-3)30(2,32)29(21-25-15-17-28(34-4)18-16-25)31(22-26-11-7-5-8-12-26)23-27-13-9-6-10-14-27/h5-18,24,29,32H,19-23H2,1-4H3. The Bertz CT molecular complexity index is 916. The highest BCUT2D eigenvalue weighted by Gasteiger charge is 2.40. The molecule has 3 aromatic rings. The second-order valence-electron chi connectivity index (χ2n) is 9.35. The van der Waals surface area contributed by atoms with Crippen molar-refractivity contribution in [1.29, 1.82) is 0 Å². The van der Waals surface area contributed by atoms with Gasteiger partial charge in [0, 0.05) is 32.8 Å². The minimum atomic E-state index is -0.929. The molecule has 0 amide bonds. The van der Waals surface area contributed by atoms with E-state index in [1.54, 1.807) is 14.2 Å². The molecule has 0 aliphatic rings. The molecule has 3 aromatic carbocycles. The van der Waals surface area contributed by atoms with Crippen LogP contribution in [0.4, 0.5) is 0 Å². The van der Waals surface area contributed by atoms with Gasteiger partial charge in [-0.05, 0) is 54.5 Å². The van der Waals surface area contributed by atoms with Crippen molar-refractivity contribution in [3.63, 3.8) is 0 Å². The SMILES string of the molecule is COCCC(C)C(C)(O)C(Cc1ccc(OC)cc1)N(Cc1ccccc1)Cc1ccccc1. The maximum Gasteiger partial charge on any atom is 0.118 e. The van der Waals surface area contributed by atoms with E-state index in [1.807, 2.05) is 31.2 Å². The second-order valence-corrected chi connectivity index (χ2v) is 9.35.